The SMILES string of the molecule is CC(C)(C)OC(=O)N1C[C@@H]2C3C=CC(C3)[C@@H]2C1. The van der Waals surface area contributed by atoms with Crippen LogP contribution in [0.25, 0.3) is 0 Å². The number of carbonyl (C=O) groups excluding carboxylic acids is 1. The first-order valence-electron chi connectivity index (χ1n) is 6.60. The second-order valence-corrected chi connectivity index (χ2v) is 6.66. The zero-order chi connectivity index (χ0) is 12.2. The predicted molar refractivity (Wildman–Crippen MR) is 65.5 cm³/mol. The van der Waals surface area contributed by atoms with E-state index in [1.165, 1.54) is 6.42 Å². The number of likely N-dealkylation sites (tertiary alicyclic amines) is 1. The van der Waals surface area contributed by atoms with Gasteiger partial charge in [-0.05, 0) is 50.9 Å². The summed E-state index contributed by atoms with van der Waals surface area (Å²) < 4.78 is 5.44. The molecule has 1 amide bonds. The number of hydrogen-bond donors (Lipinski definition) is 0. The number of rotatable bonds is 0. The molecule has 3 heteroatoms. The van der Waals surface area contributed by atoms with Crippen LogP contribution in [0.3, 0.4) is 0 Å². The van der Waals surface area contributed by atoms with Crippen LogP contribution in [-0.2, 0) is 4.74 Å². The zero-order valence-corrected chi connectivity index (χ0v) is 10.8. The van der Waals surface area contributed by atoms with Crippen molar-refractivity contribution in [3.8, 4) is 0 Å². The van der Waals surface area contributed by atoms with Gasteiger partial charge in [0.15, 0.2) is 0 Å². The van der Waals surface area contributed by atoms with Gasteiger partial charge in [0.05, 0.1) is 0 Å². The van der Waals surface area contributed by atoms with Gasteiger partial charge in [-0.25, -0.2) is 4.79 Å². The number of nitrogens with zero attached hydrogens (tertiary/aromatic N) is 1. The van der Waals surface area contributed by atoms with E-state index in [1.807, 2.05) is 25.7 Å². The Bertz CT molecular complexity index is 349. The van der Waals surface area contributed by atoms with Gasteiger partial charge >= 0.3 is 6.09 Å². The molecule has 2 aliphatic carbocycles. The molecule has 4 atom stereocenters. The molecule has 2 fully saturated rings. The minimum absolute atomic E-state index is 0.133. The van der Waals surface area contributed by atoms with Gasteiger partial charge in [-0.2, -0.15) is 0 Å². The second kappa shape index (κ2) is 3.50. The summed E-state index contributed by atoms with van der Waals surface area (Å²) >= 11 is 0. The monoisotopic (exact) mass is 235 g/mol. The molecule has 3 nitrogen and oxygen atoms in total. The summed E-state index contributed by atoms with van der Waals surface area (Å²) in [5, 5.41) is 0. The first kappa shape index (κ1) is 11.1. The van der Waals surface area contributed by atoms with Crippen LogP contribution in [0.15, 0.2) is 12.2 Å². The minimum Gasteiger partial charge on any atom is -0.444 e. The summed E-state index contributed by atoms with van der Waals surface area (Å²) in [6.45, 7) is 7.56. The standard InChI is InChI=1S/C14H21NO2/c1-14(2,3)17-13(16)15-7-11-9-4-5-10(6-9)12(11)8-15/h4-5,9-12H,6-8H2,1-3H3/t9?,10?,11-,12+. The van der Waals surface area contributed by atoms with Crippen molar-refractivity contribution in [2.75, 3.05) is 13.1 Å². The number of carbonyl (C=O) groups is 1. The summed E-state index contributed by atoms with van der Waals surface area (Å²) in [6.07, 6.45) is 5.89. The third kappa shape index (κ3) is 1.85. The van der Waals surface area contributed by atoms with Crippen molar-refractivity contribution >= 4 is 6.09 Å². The van der Waals surface area contributed by atoms with Crippen molar-refractivity contribution in [2.45, 2.75) is 32.8 Å². The fourth-order valence-electron chi connectivity index (χ4n) is 3.63. The van der Waals surface area contributed by atoms with Crippen molar-refractivity contribution in [3.05, 3.63) is 12.2 Å². The largest absolute Gasteiger partial charge is 0.444 e. The third-order valence-electron chi connectivity index (χ3n) is 4.31. The molecule has 1 aliphatic heterocycles. The lowest BCUT2D eigenvalue weighted by Crippen LogP contribution is -2.36. The maximum Gasteiger partial charge on any atom is 0.410 e. The van der Waals surface area contributed by atoms with E-state index in [-0.39, 0.29) is 11.7 Å². The molecule has 0 N–H and O–H groups in total. The van der Waals surface area contributed by atoms with Crippen LogP contribution in [0, 0.1) is 23.7 Å². The number of ether oxygens (including phenoxy) is 1. The molecular formula is C14H21NO2. The zero-order valence-electron chi connectivity index (χ0n) is 10.8. The average Bonchev–Trinajstić information content (AvgIpc) is 2.87. The normalized spacial score (nSPS) is 38.6. The van der Waals surface area contributed by atoms with Crippen molar-refractivity contribution in [1.82, 2.24) is 4.90 Å². The molecule has 94 valence electrons. The third-order valence-corrected chi connectivity index (χ3v) is 4.31. The molecule has 0 aromatic rings. The Hall–Kier alpha value is -0.990. The molecule has 0 aromatic heterocycles. The van der Waals surface area contributed by atoms with Gasteiger partial charge in [0, 0.05) is 13.1 Å². The topological polar surface area (TPSA) is 29.5 Å². The maximum absolute atomic E-state index is 12.0. The smallest absolute Gasteiger partial charge is 0.410 e. The molecule has 0 spiro atoms. The lowest BCUT2D eigenvalue weighted by atomic mass is 9.86. The minimum atomic E-state index is -0.383. The first-order chi connectivity index (χ1) is 7.94. The first-order valence-corrected chi connectivity index (χ1v) is 6.60. The summed E-state index contributed by atoms with van der Waals surface area (Å²) in [4.78, 5) is 13.9. The average molecular weight is 235 g/mol. The van der Waals surface area contributed by atoms with Gasteiger partial charge in [0.2, 0.25) is 0 Å². The summed E-state index contributed by atoms with van der Waals surface area (Å²) in [7, 11) is 0. The van der Waals surface area contributed by atoms with Crippen molar-refractivity contribution in [2.24, 2.45) is 23.7 Å². The highest BCUT2D eigenvalue weighted by Gasteiger charge is 2.50. The molecular weight excluding hydrogens is 214 g/mol. The van der Waals surface area contributed by atoms with Gasteiger partial charge in [-0.15, -0.1) is 0 Å². The number of allylic oxidation sites excluding steroid dienone is 2. The molecule has 0 radical (unpaired) electrons. The molecule has 3 aliphatic rings. The molecule has 1 heterocycles. The highest BCUT2D eigenvalue weighted by molar-refractivity contribution is 5.68. The van der Waals surface area contributed by atoms with E-state index < -0.39 is 0 Å². The van der Waals surface area contributed by atoms with Crippen LogP contribution in [0.2, 0.25) is 0 Å². The van der Waals surface area contributed by atoms with Crippen LogP contribution in [0.5, 0.6) is 0 Å². The summed E-state index contributed by atoms with van der Waals surface area (Å²) in [5.41, 5.74) is -0.383. The van der Waals surface area contributed by atoms with E-state index >= 15 is 0 Å². The highest BCUT2D eigenvalue weighted by Crippen LogP contribution is 2.51. The van der Waals surface area contributed by atoms with E-state index in [0.29, 0.717) is 11.8 Å². The van der Waals surface area contributed by atoms with E-state index in [1.54, 1.807) is 0 Å². The molecule has 2 bridgehead atoms. The number of amides is 1. The lowest BCUT2D eigenvalue weighted by Gasteiger charge is -2.25. The molecule has 2 unspecified atom stereocenters. The fourth-order valence-corrected chi connectivity index (χ4v) is 3.63. The van der Waals surface area contributed by atoms with Crippen molar-refractivity contribution in [3.63, 3.8) is 0 Å². The van der Waals surface area contributed by atoms with Gasteiger partial charge in [0.25, 0.3) is 0 Å². The van der Waals surface area contributed by atoms with E-state index in [9.17, 15) is 4.79 Å². The molecule has 0 aromatic carbocycles. The lowest BCUT2D eigenvalue weighted by molar-refractivity contribution is 0.0276. The number of hydrogen-bond acceptors (Lipinski definition) is 2. The van der Waals surface area contributed by atoms with E-state index in [2.05, 4.69) is 12.2 Å². The molecule has 17 heavy (non-hydrogen) atoms. The Kier molecular flexibility index (Phi) is 2.29. The van der Waals surface area contributed by atoms with Gasteiger partial charge in [-0.1, -0.05) is 12.2 Å². The van der Waals surface area contributed by atoms with Crippen molar-refractivity contribution in [1.29, 1.82) is 0 Å². The Balaban J connectivity index is 1.64. The van der Waals surface area contributed by atoms with Crippen LogP contribution in [0.1, 0.15) is 27.2 Å². The van der Waals surface area contributed by atoms with Gasteiger partial charge in [0.1, 0.15) is 5.60 Å². The van der Waals surface area contributed by atoms with E-state index in [0.717, 1.165) is 24.9 Å². The molecule has 3 rings (SSSR count). The summed E-state index contributed by atoms with van der Waals surface area (Å²) in [5.74, 6) is 2.82. The van der Waals surface area contributed by atoms with Crippen LogP contribution in [-0.4, -0.2) is 29.7 Å². The van der Waals surface area contributed by atoms with Crippen LogP contribution >= 0.6 is 0 Å². The Morgan fingerprint density at radius 1 is 1.18 bits per heavy atom. The van der Waals surface area contributed by atoms with Crippen LogP contribution in [0.4, 0.5) is 4.79 Å². The maximum atomic E-state index is 12.0. The quantitative estimate of drug-likeness (QED) is 0.604. The van der Waals surface area contributed by atoms with Gasteiger partial charge < -0.3 is 9.64 Å². The van der Waals surface area contributed by atoms with Crippen LogP contribution < -0.4 is 0 Å². The molecule has 1 saturated heterocycles. The van der Waals surface area contributed by atoms with E-state index in [4.69, 9.17) is 4.74 Å². The fraction of sp³-hybridized carbons (Fsp3) is 0.786. The Morgan fingerprint density at radius 3 is 2.18 bits per heavy atom. The molecule has 1 saturated carbocycles. The second-order valence-electron chi connectivity index (χ2n) is 6.66. The highest BCUT2D eigenvalue weighted by atomic mass is 16.6. The van der Waals surface area contributed by atoms with Gasteiger partial charge in [-0.3, -0.25) is 0 Å². The van der Waals surface area contributed by atoms with Crippen molar-refractivity contribution < 1.29 is 9.53 Å². The Labute approximate surface area is 103 Å². The number of fused-ring (bicyclic) bond motifs is 5. The predicted octanol–water partition coefficient (Wildman–Crippen LogP) is 2.68. The Morgan fingerprint density at radius 2 is 1.71 bits per heavy atom. The summed E-state index contributed by atoms with van der Waals surface area (Å²) in [6, 6.07) is 0.